The number of aromatic nitrogens is 1. The molecule has 1 aliphatic heterocycles. The number of rotatable bonds is 5. The van der Waals surface area contributed by atoms with Crippen LogP contribution in [0, 0.1) is 0 Å². The number of aromatic carboxylic acids is 1. The number of carboxylic acid groups (broad SMARTS) is 1. The predicted molar refractivity (Wildman–Crippen MR) is 85.9 cm³/mol. The smallest absolute Gasteiger partial charge is 0.341 e. The quantitative estimate of drug-likeness (QED) is 0.812. The van der Waals surface area contributed by atoms with Gasteiger partial charge in [0.2, 0.25) is 15.9 Å². The molecule has 10 heteroatoms. The van der Waals surface area contributed by atoms with Crippen LogP contribution in [0.15, 0.2) is 17.2 Å². The van der Waals surface area contributed by atoms with E-state index in [-0.39, 0.29) is 35.4 Å². The molecule has 0 aromatic carbocycles. The molecule has 1 saturated heterocycles. The van der Waals surface area contributed by atoms with Gasteiger partial charge in [-0.2, -0.15) is 4.31 Å². The molecule has 1 fully saturated rings. The first-order valence-corrected chi connectivity index (χ1v) is 8.35. The van der Waals surface area contributed by atoms with Gasteiger partial charge < -0.3 is 14.7 Å². The summed E-state index contributed by atoms with van der Waals surface area (Å²) in [6.07, 6.45) is 1.14. The van der Waals surface area contributed by atoms with Crippen molar-refractivity contribution in [1.29, 1.82) is 0 Å². The maximum absolute atomic E-state index is 12.6. The Morgan fingerprint density at radius 3 is 2.48 bits per heavy atom. The van der Waals surface area contributed by atoms with Gasteiger partial charge in [0.05, 0.1) is 12.8 Å². The van der Waals surface area contributed by atoms with Gasteiger partial charge in [0.1, 0.15) is 10.5 Å². The fourth-order valence-electron chi connectivity index (χ4n) is 2.16. The van der Waals surface area contributed by atoms with Gasteiger partial charge in [0.25, 0.3) is 0 Å². The highest BCUT2D eigenvalue weighted by Crippen LogP contribution is 2.23. The molecule has 0 atom stereocenters. The summed E-state index contributed by atoms with van der Waals surface area (Å²) in [5.41, 5.74) is -0.253. The molecule has 0 radical (unpaired) electrons. The van der Waals surface area contributed by atoms with Crippen LogP contribution in [0.25, 0.3) is 0 Å². The van der Waals surface area contributed by atoms with Crippen LogP contribution in [-0.2, 0) is 10.0 Å². The average molecular weight is 366 g/mol. The van der Waals surface area contributed by atoms with E-state index in [1.54, 1.807) is 6.92 Å². The van der Waals surface area contributed by atoms with Crippen molar-refractivity contribution >= 4 is 28.4 Å². The van der Waals surface area contributed by atoms with Crippen molar-refractivity contribution in [2.75, 3.05) is 39.8 Å². The Morgan fingerprint density at radius 1 is 1.35 bits per heavy atom. The molecule has 130 valence electrons. The lowest BCUT2D eigenvalue weighted by atomic mass is 10.3. The van der Waals surface area contributed by atoms with Crippen molar-refractivity contribution in [3.05, 3.63) is 17.8 Å². The van der Waals surface area contributed by atoms with Gasteiger partial charge >= 0.3 is 5.97 Å². The summed E-state index contributed by atoms with van der Waals surface area (Å²) in [6, 6.07) is 1.11. The van der Waals surface area contributed by atoms with Crippen molar-refractivity contribution in [2.24, 2.45) is 0 Å². The lowest BCUT2D eigenvalue weighted by Gasteiger charge is -2.31. The number of ether oxygens (including phenoxy) is 1. The number of carbonyl (C=O) groups is 1. The van der Waals surface area contributed by atoms with Gasteiger partial charge in [-0.05, 0) is 20.0 Å². The Hall–Kier alpha value is -1.42. The second-order valence-corrected chi connectivity index (χ2v) is 6.91. The maximum atomic E-state index is 12.6. The molecular formula is C13H20ClN3O5S. The van der Waals surface area contributed by atoms with E-state index in [1.165, 1.54) is 4.31 Å². The van der Waals surface area contributed by atoms with Gasteiger partial charge in [-0.15, -0.1) is 12.4 Å². The Morgan fingerprint density at radius 2 is 1.96 bits per heavy atom. The summed E-state index contributed by atoms with van der Waals surface area (Å²) in [5, 5.41) is 9.19. The molecule has 0 unspecified atom stereocenters. The Balaban J connectivity index is 0.00000264. The van der Waals surface area contributed by atoms with Crippen LogP contribution in [0.5, 0.6) is 5.88 Å². The fourth-order valence-corrected chi connectivity index (χ4v) is 3.55. The minimum absolute atomic E-state index is 0. The first-order chi connectivity index (χ1) is 10.4. The van der Waals surface area contributed by atoms with E-state index < -0.39 is 16.0 Å². The third-order valence-corrected chi connectivity index (χ3v) is 5.30. The number of hydrogen-bond donors (Lipinski definition) is 1. The highest BCUT2D eigenvalue weighted by Gasteiger charge is 2.29. The summed E-state index contributed by atoms with van der Waals surface area (Å²) in [4.78, 5) is 17.0. The summed E-state index contributed by atoms with van der Waals surface area (Å²) in [7, 11) is -1.83. The Labute approximate surface area is 141 Å². The normalized spacial score (nSPS) is 16.6. The van der Waals surface area contributed by atoms with Crippen LogP contribution in [0.2, 0.25) is 0 Å². The van der Waals surface area contributed by atoms with E-state index in [9.17, 15) is 18.3 Å². The van der Waals surface area contributed by atoms with Crippen LogP contribution in [0.4, 0.5) is 0 Å². The number of piperazine rings is 1. The summed E-state index contributed by atoms with van der Waals surface area (Å²) < 4.78 is 31.6. The maximum Gasteiger partial charge on any atom is 0.341 e. The zero-order chi connectivity index (χ0) is 16.3. The van der Waals surface area contributed by atoms with Crippen molar-refractivity contribution in [3.63, 3.8) is 0 Å². The summed E-state index contributed by atoms with van der Waals surface area (Å²) >= 11 is 0. The van der Waals surface area contributed by atoms with E-state index >= 15 is 0 Å². The largest absolute Gasteiger partial charge is 0.477 e. The van der Waals surface area contributed by atoms with Gasteiger partial charge in [-0.25, -0.2) is 18.2 Å². The van der Waals surface area contributed by atoms with Crippen LogP contribution < -0.4 is 4.74 Å². The lowest BCUT2D eigenvalue weighted by molar-refractivity contribution is 0.0691. The molecule has 0 saturated carbocycles. The molecule has 1 aromatic rings. The van der Waals surface area contributed by atoms with Crippen LogP contribution in [0.1, 0.15) is 17.3 Å². The zero-order valence-electron chi connectivity index (χ0n) is 12.9. The molecule has 1 aliphatic rings. The van der Waals surface area contributed by atoms with Crippen LogP contribution in [-0.4, -0.2) is 73.5 Å². The lowest BCUT2D eigenvalue weighted by Crippen LogP contribution is -2.47. The number of likely N-dealkylation sites (N-methyl/N-ethyl adjacent to an activating group) is 1. The Kier molecular flexibility index (Phi) is 6.75. The van der Waals surface area contributed by atoms with Crippen LogP contribution >= 0.6 is 12.4 Å². The molecule has 23 heavy (non-hydrogen) atoms. The van der Waals surface area contributed by atoms with E-state index in [0.29, 0.717) is 26.2 Å². The van der Waals surface area contributed by atoms with Gasteiger partial charge in [0, 0.05) is 26.2 Å². The van der Waals surface area contributed by atoms with E-state index in [4.69, 9.17) is 4.74 Å². The number of carboxylic acids is 1. The second-order valence-electron chi connectivity index (χ2n) is 4.97. The first kappa shape index (κ1) is 19.6. The highest BCUT2D eigenvalue weighted by molar-refractivity contribution is 7.89. The average Bonchev–Trinajstić information content (AvgIpc) is 2.48. The van der Waals surface area contributed by atoms with E-state index in [0.717, 1.165) is 12.3 Å². The number of hydrogen-bond acceptors (Lipinski definition) is 6. The molecule has 8 nitrogen and oxygen atoms in total. The van der Waals surface area contributed by atoms with E-state index in [1.807, 2.05) is 11.9 Å². The molecule has 1 aromatic heterocycles. The standard InChI is InChI=1S/C13H19N3O5S.ClH/c1-3-21-12-11(13(17)18)8-10(9-14-12)22(19,20)16-6-4-15(2)5-7-16;/h8-9H,3-7H2,1-2H3,(H,17,18);1H. The molecule has 2 heterocycles. The fraction of sp³-hybridized carbons (Fsp3) is 0.538. The number of halogens is 1. The molecule has 1 N–H and O–H groups in total. The van der Waals surface area contributed by atoms with Crippen LogP contribution in [0.3, 0.4) is 0 Å². The van der Waals surface area contributed by atoms with E-state index in [2.05, 4.69) is 4.98 Å². The molecular weight excluding hydrogens is 346 g/mol. The molecule has 0 spiro atoms. The minimum Gasteiger partial charge on any atom is -0.477 e. The van der Waals surface area contributed by atoms with Gasteiger partial charge in [0.15, 0.2) is 0 Å². The second kappa shape index (κ2) is 7.91. The molecule has 0 bridgehead atoms. The predicted octanol–water partition coefficient (Wildman–Crippen LogP) is 0.536. The number of sulfonamides is 1. The molecule has 0 aliphatic carbocycles. The van der Waals surface area contributed by atoms with Gasteiger partial charge in [-0.3, -0.25) is 0 Å². The molecule has 0 amide bonds. The summed E-state index contributed by atoms with van der Waals surface area (Å²) in [6.45, 7) is 3.95. The third kappa shape index (κ3) is 4.31. The zero-order valence-corrected chi connectivity index (χ0v) is 14.6. The topological polar surface area (TPSA) is 100 Å². The molecule has 2 rings (SSSR count). The monoisotopic (exact) mass is 365 g/mol. The first-order valence-electron chi connectivity index (χ1n) is 6.91. The summed E-state index contributed by atoms with van der Waals surface area (Å²) in [5.74, 6) is -1.35. The number of nitrogens with zero attached hydrogens (tertiary/aromatic N) is 3. The van der Waals surface area contributed by atoms with Gasteiger partial charge in [-0.1, -0.05) is 0 Å². The van der Waals surface area contributed by atoms with Crippen molar-refractivity contribution < 1.29 is 23.1 Å². The Bertz CT molecular complexity index is 660. The van der Waals surface area contributed by atoms with Crippen molar-refractivity contribution in [2.45, 2.75) is 11.8 Å². The number of pyridine rings is 1. The minimum atomic E-state index is -3.75. The van der Waals surface area contributed by atoms with Crippen molar-refractivity contribution in [3.8, 4) is 5.88 Å². The SMILES string of the molecule is CCOc1ncc(S(=O)(=O)N2CCN(C)CC2)cc1C(=O)O.Cl. The van der Waals surface area contributed by atoms with Crippen molar-refractivity contribution in [1.82, 2.24) is 14.2 Å². The highest BCUT2D eigenvalue weighted by atomic mass is 35.5. The third-order valence-electron chi connectivity index (χ3n) is 3.44.